The first-order chi connectivity index (χ1) is 14.0. The highest BCUT2D eigenvalue weighted by molar-refractivity contribution is 6.04. The molecule has 0 spiro atoms. The number of methoxy groups -OCH3 is 2. The third-order valence-electron chi connectivity index (χ3n) is 4.44. The highest BCUT2D eigenvalue weighted by Crippen LogP contribution is 2.28. The summed E-state index contributed by atoms with van der Waals surface area (Å²) in [5, 5.41) is 2.89. The van der Waals surface area contributed by atoms with Crippen molar-refractivity contribution in [1.82, 2.24) is 4.98 Å². The minimum absolute atomic E-state index is 0.217. The zero-order chi connectivity index (χ0) is 20.8. The molecule has 6 heteroatoms. The van der Waals surface area contributed by atoms with E-state index in [4.69, 9.17) is 14.2 Å². The Balaban J connectivity index is 1.76. The molecule has 0 saturated carbocycles. The molecule has 3 aromatic rings. The molecule has 1 amide bonds. The summed E-state index contributed by atoms with van der Waals surface area (Å²) in [5.74, 6) is 1.76. The Bertz CT molecular complexity index is 958. The van der Waals surface area contributed by atoms with Crippen molar-refractivity contribution >= 4 is 11.6 Å². The van der Waals surface area contributed by atoms with Gasteiger partial charge in [-0.2, -0.15) is 0 Å². The number of carbonyl (C=O) groups excluding carboxylic acids is 1. The number of hydrogen-bond donors (Lipinski definition) is 1. The van der Waals surface area contributed by atoms with Gasteiger partial charge in [-0.25, -0.2) is 0 Å². The van der Waals surface area contributed by atoms with Crippen molar-refractivity contribution in [2.75, 3.05) is 19.5 Å². The van der Waals surface area contributed by atoms with Gasteiger partial charge in [0, 0.05) is 47.4 Å². The predicted octanol–water partition coefficient (Wildman–Crippen LogP) is 4.55. The zero-order valence-corrected chi connectivity index (χ0v) is 17.0. The number of amides is 1. The van der Waals surface area contributed by atoms with Crippen molar-refractivity contribution in [3.05, 3.63) is 77.1 Å². The van der Waals surface area contributed by atoms with Crippen LogP contribution in [0.25, 0.3) is 0 Å². The molecule has 2 aromatic carbocycles. The van der Waals surface area contributed by atoms with Gasteiger partial charge in [0.15, 0.2) is 0 Å². The normalized spacial score (nSPS) is 10.3. The molecule has 0 aliphatic rings. The fourth-order valence-corrected chi connectivity index (χ4v) is 3.03. The predicted molar refractivity (Wildman–Crippen MR) is 112 cm³/mol. The Morgan fingerprint density at radius 1 is 1.00 bits per heavy atom. The van der Waals surface area contributed by atoms with Gasteiger partial charge in [-0.1, -0.05) is 6.07 Å². The molecule has 1 aromatic heterocycles. The topological polar surface area (TPSA) is 69.7 Å². The molecule has 1 heterocycles. The van der Waals surface area contributed by atoms with Crippen LogP contribution in [0.15, 0.2) is 54.9 Å². The summed E-state index contributed by atoms with van der Waals surface area (Å²) in [7, 11) is 3.13. The van der Waals surface area contributed by atoms with Gasteiger partial charge in [-0.3, -0.25) is 9.78 Å². The molecule has 3 rings (SSSR count). The molecule has 0 unspecified atom stereocenters. The molecule has 1 N–H and O–H groups in total. The lowest BCUT2D eigenvalue weighted by Crippen LogP contribution is -2.13. The van der Waals surface area contributed by atoms with Crippen molar-refractivity contribution in [3.8, 4) is 17.2 Å². The third kappa shape index (κ3) is 5.04. The number of ether oxygens (including phenoxy) is 3. The van der Waals surface area contributed by atoms with E-state index < -0.39 is 0 Å². The summed E-state index contributed by atoms with van der Waals surface area (Å²) in [5.41, 5.74) is 3.92. The number of rotatable bonds is 7. The average molecular weight is 392 g/mol. The van der Waals surface area contributed by atoms with E-state index in [1.54, 1.807) is 44.8 Å². The van der Waals surface area contributed by atoms with Gasteiger partial charge in [-0.05, 0) is 43.2 Å². The average Bonchev–Trinajstić information content (AvgIpc) is 2.73. The van der Waals surface area contributed by atoms with Crippen LogP contribution in [0.5, 0.6) is 17.2 Å². The molecule has 0 fully saturated rings. The maximum Gasteiger partial charge on any atom is 0.255 e. The molecule has 150 valence electrons. The van der Waals surface area contributed by atoms with Crippen LogP contribution in [0, 0.1) is 13.8 Å². The van der Waals surface area contributed by atoms with E-state index in [-0.39, 0.29) is 5.91 Å². The minimum atomic E-state index is -0.217. The summed E-state index contributed by atoms with van der Waals surface area (Å²) in [6.07, 6.45) is 3.50. The Hall–Kier alpha value is -3.54. The first kappa shape index (κ1) is 20.2. The molecular formula is C23H24N2O4. The molecule has 0 atom stereocenters. The monoisotopic (exact) mass is 392 g/mol. The van der Waals surface area contributed by atoms with E-state index in [9.17, 15) is 4.79 Å². The number of anilines is 1. The molecule has 0 aliphatic carbocycles. The van der Waals surface area contributed by atoms with Crippen molar-refractivity contribution in [2.45, 2.75) is 20.5 Å². The van der Waals surface area contributed by atoms with Crippen LogP contribution in [-0.4, -0.2) is 25.1 Å². The van der Waals surface area contributed by atoms with Gasteiger partial charge in [-0.15, -0.1) is 0 Å². The van der Waals surface area contributed by atoms with Crippen LogP contribution < -0.4 is 19.5 Å². The lowest BCUT2D eigenvalue weighted by atomic mass is 10.0. The maximum atomic E-state index is 12.8. The van der Waals surface area contributed by atoms with E-state index >= 15 is 0 Å². The zero-order valence-electron chi connectivity index (χ0n) is 17.0. The first-order valence-corrected chi connectivity index (χ1v) is 9.17. The number of carbonyl (C=O) groups is 1. The molecule has 0 aliphatic heterocycles. The quantitative estimate of drug-likeness (QED) is 0.639. The second-order valence-corrected chi connectivity index (χ2v) is 6.64. The maximum absolute atomic E-state index is 12.8. The fraction of sp³-hybridized carbons (Fsp3) is 0.217. The summed E-state index contributed by atoms with van der Waals surface area (Å²) in [4.78, 5) is 16.9. The van der Waals surface area contributed by atoms with Gasteiger partial charge >= 0.3 is 0 Å². The highest BCUT2D eigenvalue weighted by Gasteiger charge is 2.13. The molecule has 0 bridgehead atoms. The number of pyridine rings is 1. The number of nitrogens with zero attached hydrogens (tertiary/aromatic N) is 1. The number of aryl methyl sites for hydroxylation is 2. The van der Waals surface area contributed by atoms with Crippen molar-refractivity contribution in [3.63, 3.8) is 0 Å². The van der Waals surface area contributed by atoms with Gasteiger partial charge in [0.1, 0.15) is 23.9 Å². The van der Waals surface area contributed by atoms with Gasteiger partial charge in [0.2, 0.25) is 0 Å². The third-order valence-corrected chi connectivity index (χ3v) is 4.44. The summed E-state index contributed by atoms with van der Waals surface area (Å²) in [6.45, 7) is 4.28. The SMILES string of the molecule is COc1cc(NC(=O)c2cc(C)c(OCc3cccnc3)c(C)c2)cc(OC)c1. The summed E-state index contributed by atoms with van der Waals surface area (Å²) >= 11 is 0. The minimum Gasteiger partial charge on any atom is -0.497 e. The van der Waals surface area contributed by atoms with E-state index in [0.717, 1.165) is 22.4 Å². The molecule has 0 saturated heterocycles. The Labute approximate surface area is 170 Å². The van der Waals surface area contributed by atoms with Crippen LogP contribution in [0.1, 0.15) is 27.0 Å². The van der Waals surface area contributed by atoms with E-state index in [1.165, 1.54) is 0 Å². The largest absolute Gasteiger partial charge is 0.497 e. The summed E-state index contributed by atoms with van der Waals surface area (Å²) < 4.78 is 16.5. The van der Waals surface area contributed by atoms with Crippen molar-refractivity contribution < 1.29 is 19.0 Å². The first-order valence-electron chi connectivity index (χ1n) is 9.17. The number of benzene rings is 2. The smallest absolute Gasteiger partial charge is 0.255 e. The highest BCUT2D eigenvalue weighted by atomic mass is 16.5. The number of aromatic nitrogens is 1. The molecule has 6 nitrogen and oxygen atoms in total. The van der Waals surface area contributed by atoms with E-state index in [0.29, 0.717) is 29.4 Å². The number of hydrogen-bond acceptors (Lipinski definition) is 5. The molecule has 29 heavy (non-hydrogen) atoms. The van der Waals surface area contributed by atoms with Crippen LogP contribution in [-0.2, 0) is 6.61 Å². The van der Waals surface area contributed by atoms with E-state index in [1.807, 2.05) is 38.1 Å². The van der Waals surface area contributed by atoms with Gasteiger partial charge in [0.25, 0.3) is 5.91 Å². The second-order valence-electron chi connectivity index (χ2n) is 6.64. The number of nitrogens with one attached hydrogen (secondary N) is 1. The lowest BCUT2D eigenvalue weighted by molar-refractivity contribution is 0.102. The van der Waals surface area contributed by atoms with Crippen LogP contribution in [0.4, 0.5) is 5.69 Å². The van der Waals surface area contributed by atoms with Gasteiger partial charge in [0.05, 0.1) is 14.2 Å². The second kappa shape index (κ2) is 9.10. The van der Waals surface area contributed by atoms with Crippen molar-refractivity contribution in [2.24, 2.45) is 0 Å². The standard InChI is InChI=1S/C23H24N2O4/c1-15-8-18(9-16(2)22(15)29-14-17-6-5-7-24-13-17)23(26)25-19-10-20(27-3)12-21(11-19)28-4/h5-13H,14H2,1-4H3,(H,25,26). The molecule has 0 radical (unpaired) electrons. The van der Waals surface area contributed by atoms with Crippen LogP contribution in [0.3, 0.4) is 0 Å². The van der Waals surface area contributed by atoms with Crippen molar-refractivity contribution in [1.29, 1.82) is 0 Å². The van der Waals surface area contributed by atoms with E-state index in [2.05, 4.69) is 10.3 Å². The fourth-order valence-electron chi connectivity index (χ4n) is 3.03. The van der Waals surface area contributed by atoms with Gasteiger partial charge < -0.3 is 19.5 Å². The summed E-state index contributed by atoms with van der Waals surface area (Å²) in [6, 6.07) is 12.7. The Morgan fingerprint density at radius 2 is 1.66 bits per heavy atom. The Kier molecular flexibility index (Phi) is 6.34. The lowest BCUT2D eigenvalue weighted by Gasteiger charge is -2.15. The molecular weight excluding hydrogens is 368 g/mol. The van der Waals surface area contributed by atoms with Crippen LogP contribution >= 0.6 is 0 Å². The van der Waals surface area contributed by atoms with Crippen LogP contribution in [0.2, 0.25) is 0 Å². The Morgan fingerprint density at radius 3 is 2.21 bits per heavy atom.